The van der Waals surface area contributed by atoms with Crippen molar-refractivity contribution in [2.24, 2.45) is 0 Å². The van der Waals surface area contributed by atoms with Gasteiger partial charge in [-0.3, -0.25) is 49.5 Å². The van der Waals surface area contributed by atoms with Crippen molar-refractivity contribution < 1.29 is 109 Å². The van der Waals surface area contributed by atoms with Gasteiger partial charge in [-0.15, -0.1) is 0 Å². The van der Waals surface area contributed by atoms with Crippen LogP contribution in [0.2, 0.25) is 0 Å². The second kappa shape index (κ2) is 31.1. The fraction of sp³-hybridized carbons (Fsp3) is 0. The number of para-hydroxylation sites is 2. The number of pyridine rings is 8. The van der Waals surface area contributed by atoms with Gasteiger partial charge in [-0.05, 0) is 71.8 Å². The van der Waals surface area contributed by atoms with E-state index in [-0.39, 0.29) is 73.1 Å². The average Bonchev–Trinajstić information content (AvgIpc) is 0.781. The van der Waals surface area contributed by atoms with Crippen molar-refractivity contribution in [2.45, 2.75) is 0 Å². The summed E-state index contributed by atoms with van der Waals surface area (Å²) in [6.07, 6.45) is 20.4. The third-order valence-corrected chi connectivity index (χ3v) is 13.5. The minimum absolute atomic E-state index is 0. The van der Waals surface area contributed by atoms with Gasteiger partial charge in [-0.1, -0.05) is 194 Å². The van der Waals surface area contributed by atoms with E-state index in [1.54, 1.807) is 110 Å². The van der Waals surface area contributed by atoms with Crippen LogP contribution in [-0.2, 0) is 39.0 Å². The summed E-state index contributed by atoms with van der Waals surface area (Å²) < 4.78 is 118. The zero-order valence-electron chi connectivity index (χ0n) is 51.1. The SMILES string of the molecule is F[P-](F)(F)(F)(F)F.F[P-](F)(F)(F)(F)F.O=C(/C=C/c1ccc(/C=C/C(=O)c2ccccc2[O-])cc1)c1ccccc1[O-].[Ru+2].[Ru+2].c1cnc2c(c1)ccc1cccnc12.c1cnc2c(c1)ccc1cccnc12.c1cnc2c(c1)ccc1cccnc12.c1cnc2c(c1)ccc1cccnc12. The van der Waals surface area contributed by atoms with E-state index >= 15 is 0 Å². The van der Waals surface area contributed by atoms with Crippen LogP contribution in [0.1, 0.15) is 31.8 Å². The first kappa shape index (κ1) is 76.9. The fourth-order valence-electron chi connectivity index (χ4n) is 9.30. The third kappa shape index (κ3) is 24.5. The van der Waals surface area contributed by atoms with Gasteiger partial charge in [0, 0.05) is 104 Å². The van der Waals surface area contributed by atoms with Crippen LogP contribution < -0.4 is 10.2 Å². The Labute approximate surface area is 585 Å². The van der Waals surface area contributed by atoms with Crippen LogP contribution in [-0.4, -0.2) is 51.4 Å². The summed E-state index contributed by atoms with van der Waals surface area (Å²) in [5.74, 6) is -1.31. The molecular weight excluding hydrogens is 1530 g/mol. The maximum atomic E-state index is 12.1. The van der Waals surface area contributed by atoms with Crippen LogP contribution in [0.15, 0.2) is 280 Å². The van der Waals surface area contributed by atoms with Crippen molar-refractivity contribution in [3.05, 3.63) is 302 Å². The first-order valence-corrected chi connectivity index (χ1v) is 32.8. The molecule has 7 aromatic carbocycles. The predicted octanol–water partition coefficient (Wildman–Crippen LogP) is 21.5. The first-order valence-electron chi connectivity index (χ1n) is 28.8. The molecule has 15 rings (SSSR count). The summed E-state index contributed by atoms with van der Waals surface area (Å²) in [7, 11) is -21.3. The van der Waals surface area contributed by atoms with Gasteiger partial charge in [0.1, 0.15) is 0 Å². The van der Waals surface area contributed by atoms with Gasteiger partial charge in [0.25, 0.3) is 0 Å². The van der Waals surface area contributed by atoms with E-state index in [1.165, 1.54) is 36.4 Å². The molecule has 0 saturated carbocycles. The number of hydrogen-bond acceptors (Lipinski definition) is 12. The molecule has 12 nitrogen and oxygen atoms in total. The van der Waals surface area contributed by atoms with Crippen molar-refractivity contribution in [3.63, 3.8) is 0 Å². The number of fused-ring (bicyclic) bond motifs is 12. The number of nitrogens with zero attached hydrogens (tertiary/aromatic N) is 8. The van der Waals surface area contributed by atoms with Gasteiger partial charge in [-0.25, -0.2) is 0 Å². The minimum atomic E-state index is -10.7. The molecular formula is C72H48F12N8O4P2Ru2. The number of carbonyl (C=O) groups excluding carboxylic acids is 2. The van der Waals surface area contributed by atoms with Crippen LogP contribution in [0, 0.1) is 0 Å². The minimum Gasteiger partial charge on any atom is -0.872 e. The van der Waals surface area contributed by atoms with E-state index < -0.39 is 15.6 Å². The normalized spacial score (nSPS) is 12.4. The molecule has 0 amide bonds. The number of hydrogen-bond donors (Lipinski definition) is 0. The van der Waals surface area contributed by atoms with Crippen LogP contribution in [0.4, 0.5) is 50.4 Å². The topological polar surface area (TPSA) is 183 Å². The van der Waals surface area contributed by atoms with E-state index in [2.05, 4.69) is 137 Å². The van der Waals surface area contributed by atoms with Crippen LogP contribution in [0.3, 0.4) is 0 Å². The standard InChI is InChI=1S/C24H18O4.4C12H8N2.2F6P.2Ru/c25-21-7-3-1-5-19(21)23(27)15-13-17-9-11-18(12-10-17)14-16-24(28)20-6-2-4-8-22(20)26;4*1-3-9-5-6-10-4-2-8-14-12(10)11(9)13-7-1;2*1-7(2,3,4,5)6;;/h1-16,25-26H;4*1-8H;;;;/q;;;;;2*-1;2*+2/p-2/b15-13+,16-14+;;;;;;;;. The van der Waals surface area contributed by atoms with Crippen molar-refractivity contribution >= 4 is 127 Å². The summed E-state index contributed by atoms with van der Waals surface area (Å²) in [6.45, 7) is 0. The van der Waals surface area contributed by atoms with Gasteiger partial charge in [0.05, 0.1) is 44.1 Å². The Kier molecular flexibility index (Phi) is 23.9. The molecule has 100 heavy (non-hydrogen) atoms. The predicted molar refractivity (Wildman–Crippen MR) is 360 cm³/mol. The Bertz CT molecular complexity index is 4670. The van der Waals surface area contributed by atoms with E-state index in [1.807, 2.05) is 48.5 Å². The number of ketones is 2. The zero-order chi connectivity index (χ0) is 70.3. The molecule has 0 aliphatic heterocycles. The summed E-state index contributed by atoms with van der Waals surface area (Å²) in [6, 6.07) is 67.9. The molecule has 0 N–H and O–H groups in total. The van der Waals surface area contributed by atoms with Crippen molar-refractivity contribution in [1.29, 1.82) is 0 Å². The Balaban J connectivity index is 0.000000171. The Morgan fingerprint density at radius 2 is 0.430 bits per heavy atom. The van der Waals surface area contributed by atoms with Crippen LogP contribution in [0.25, 0.3) is 99.4 Å². The molecule has 15 aromatic rings. The molecule has 0 aliphatic carbocycles. The molecule has 28 heteroatoms. The molecule has 0 atom stereocenters. The largest absolute Gasteiger partial charge is 2.00 e. The van der Waals surface area contributed by atoms with Gasteiger partial charge in [0.15, 0.2) is 11.6 Å². The summed E-state index contributed by atoms with van der Waals surface area (Å²) in [5, 5.41) is 32.4. The monoisotopic (exact) mass is 1580 g/mol. The number of halogens is 12. The van der Waals surface area contributed by atoms with Crippen LogP contribution >= 0.6 is 15.6 Å². The smallest absolute Gasteiger partial charge is 0.872 e. The Hall–Kier alpha value is -10.5. The van der Waals surface area contributed by atoms with E-state index in [0.29, 0.717) is 0 Å². The van der Waals surface area contributed by atoms with Crippen molar-refractivity contribution in [2.75, 3.05) is 0 Å². The molecule has 8 aromatic heterocycles. The molecule has 8 heterocycles. The maximum absolute atomic E-state index is 12.1. The molecule has 0 spiro atoms. The van der Waals surface area contributed by atoms with Gasteiger partial charge >= 0.3 is 105 Å². The van der Waals surface area contributed by atoms with E-state index in [4.69, 9.17) is 0 Å². The number of allylic oxidation sites excluding steroid dienone is 2. The van der Waals surface area contributed by atoms with E-state index in [9.17, 15) is 70.2 Å². The fourth-order valence-corrected chi connectivity index (χ4v) is 9.30. The van der Waals surface area contributed by atoms with Crippen LogP contribution in [0.5, 0.6) is 11.5 Å². The van der Waals surface area contributed by atoms with Crippen molar-refractivity contribution in [1.82, 2.24) is 39.9 Å². The Morgan fingerprint density at radius 1 is 0.260 bits per heavy atom. The summed E-state index contributed by atoms with van der Waals surface area (Å²) in [4.78, 5) is 58.9. The molecule has 0 bridgehead atoms. The average molecular weight is 1580 g/mol. The number of aromatic nitrogens is 8. The second-order valence-corrected chi connectivity index (χ2v) is 24.7. The first-order chi connectivity index (χ1) is 46.2. The van der Waals surface area contributed by atoms with E-state index in [0.717, 1.165) is 98.4 Å². The summed E-state index contributed by atoms with van der Waals surface area (Å²) in [5.41, 5.74) is 9.65. The third-order valence-electron chi connectivity index (χ3n) is 13.5. The maximum Gasteiger partial charge on any atom is 2.00 e. The number of rotatable bonds is 6. The molecule has 0 fully saturated rings. The van der Waals surface area contributed by atoms with Gasteiger partial charge in [0.2, 0.25) is 0 Å². The zero-order valence-corrected chi connectivity index (χ0v) is 56.3. The van der Waals surface area contributed by atoms with Crippen molar-refractivity contribution in [3.8, 4) is 11.5 Å². The van der Waals surface area contributed by atoms with Gasteiger partial charge in [-0.2, -0.15) is 0 Å². The molecule has 0 radical (unpaired) electrons. The Morgan fingerprint density at radius 3 is 0.600 bits per heavy atom. The quantitative estimate of drug-likeness (QED) is 0.0384. The second-order valence-electron chi connectivity index (χ2n) is 20.8. The molecule has 0 unspecified atom stereocenters. The molecule has 510 valence electrons. The molecule has 0 saturated heterocycles. The number of benzene rings is 7. The summed E-state index contributed by atoms with van der Waals surface area (Å²) >= 11 is 0. The van der Waals surface area contributed by atoms with Gasteiger partial charge < -0.3 is 10.2 Å². The number of carbonyl (C=O) groups is 2. The molecule has 0 aliphatic rings.